The molecule has 1 amide bonds. The molecule has 112 valence electrons. The van der Waals surface area contributed by atoms with Crippen molar-refractivity contribution in [2.75, 3.05) is 19.7 Å². The summed E-state index contributed by atoms with van der Waals surface area (Å²) < 4.78 is 5.46. The number of amides is 1. The van der Waals surface area contributed by atoms with Crippen LogP contribution in [-0.4, -0.2) is 37.7 Å². The number of halogens is 1. The number of hydrogen-bond donors (Lipinski definition) is 2. The maximum absolute atomic E-state index is 12.1. The van der Waals surface area contributed by atoms with E-state index >= 15 is 0 Å². The molecule has 0 aliphatic carbocycles. The topological polar surface area (TPSA) is 50.4 Å². The lowest BCUT2D eigenvalue weighted by Crippen LogP contribution is -2.50. The third-order valence-corrected chi connectivity index (χ3v) is 3.38. The molecule has 1 saturated heterocycles. The molecule has 1 aromatic carbocycles. The van der Waals surface area contributed by atoms with E-state index in [1.165, 1.54) is 5.56 Å². The highest BCUT2D eigenvalue weighted by atomic mass is 35.5. The van der Waals surface area contributed by atoms with E-state index in [2.05, 4.69) is 29.7 Å². The Morgan fingerprint density at radius 2 is 2.20 bits per heavy atom. The van der Waals surface area contributed by atoms with Gasteiger partial charge >= 0.3 is 0 Å². The fourth-order valence-electron chi connectivity index (χ4n) is 2.22. The largest absolute Gasteiger partial charge is 0.366 e. The molecular weight excluding hydrogens is 276 g/mol. The van der Waals surface area contributed by atoms with Crippen LogP contribution in [0.2, 0.25) is 0 Å². The Labute approximate surface area is 126 Å². The molecule has 1 aliphatic rings. The van der Waals surface area contributed by atoms with Gasteiger partial charge in [-0.2, -0.15) is 0 Å². The van der Waals surface area contributed by atoms with Gasteiger partial charge < -0.3 is 15.4 Å². The SMILES string of the molecule is CCC(Cc1ccccc1)NC(=O)C1CNCCO1.Cl. The average molecular weight is 299 g/mol. The first-order valence-corrected chi connectivity index (χ1v) is 6.96. The summed E-state index contributed by atoms with van der Waals surface area (Å²) in [5.74, 6) is -0.00465. The minimum atomic E-state index is -0.349. The minimum absolute atomic E-state index is 0. The highest BCUT2D eigenvalue weighted by Gasteiger charge is 2.23. The Morgan fingerprint density at radius 3 is 2.80 bits per heavy atom. The predicted octanol–water partition coefficient (Wildman–Crippen LogP) is 1.53. The molecule has 1 fully saturated rings. The Balaban J connectivity index is 0.00000200. The number of nitrogens with one attached hydrogen (secondary N) is 2. The fourth-order valence-corrected chi connectivity index (χ4v) is 2.22. The van der Waals surface area contributed by atoms with Crippen LogP contribution < -0.4 is 10.6 Å². The lowest BCUT2D eigenvalue weighted by molar-refractivity contribution is -0.135. The highest BCUT2D eigenvalue weighted by Crippen LogP contribution is 2.06. The van der Waals surface area contributed by atoms with Gasteiger partial charge in [-0.3, -0.25) is 4.79 Å². The van der Waals surface area contributed by atoms with E-state index in [4.69, 9.17) is 4.74 Å². The van der Waals surface area contributed by atoms with E-state index in [0.29, 0.717) is 13.2 Å². The van der Waals surface area contributed by atoms with E-state index in [0.717, 1.165) is 19.4 Å². The number of hydrogen-bond acceptors (Lipinski definition) is 3. The van der Waals surface area contributed by atoms with Crippen LogP contribution in [0.1, 0.15) is 18.9 Å². The quantitative estimate of drug-likeness (QED) is 0.867. The standard InChI is InChI=1S/C15H22N2O2.ClH/c1-2-13(10-12-6-4-3-5-7-12)17-15(18)14-11-16-8-9-19-14;/h3-7,13-14,16H,2,8-11H2,1H3,(H,17,18);1H. The van der Waals surface area contributed by atoms with Gasteiger partial charge in [0.1, 0.15) is 6.10 Å². The van der Waals surface area contributed by atoms with Crippen LogP contribution in [0, 0.1) is 0 Å². The predicted molar refractivity (Wildman–Crippen MR) is 82.2 cm³/mol. The maximum Gasteiger partial charge on any atom is 0.250 e. The highest BCUT2D eigenvalue weighted by molar-refractivity contribution is 5.85. The summed E-state index contributed by atoms with van der Waals surface area (Å²) in [6, 6.07) is 10.4. The zero-order valence-electron chi connectivity index (χ0n) is 11.8. The van der Waals surface area contributed by atoms with Crippen LogP contribution in [0.25, 0.3) is 0 Å². The molecule has 2 N–H and O–H groups in total. The number of morpholine rings is 1. The number of carbonyl (C=O) groups excluding carboxylic acids is 1. The van der Waals surface area contributed by atoms with Crippen molar-refractivity contribution in [3.8, 4) is 0 Å². The molecule has 2 atom stereocenters. The second kappa shape index (κ2) is 8.95. The lowest BCUT2D eigenvalue weighted by Gasteiger charge is -2.25. The first-order valence-electron chi connectivity index (χ1n) is 6.96. The zero-order chi connectivity index (χ0) is 13.5. The minimum Gasteiger partial charge on any atom is -0.366 e. The summed E-state index contributed by atoms with van der Waals surface area (Å²) in [5, 5.41) is 6.25. The van der Waals surface area contributed by atoms with Crippen molar-refractivity contribution >= 4 is 18.3 Å². The van der Waals surface area contributed by atoms with Crippen molar-refractivity contribution in [3.05, 3.63) is 35.9 Å². The van der Waals surface area contributed by atoms with Crippen molar-refractivity contribution in [1.29, 1.82) is 0 Å². The first kappa shape index (κ1) is 17.0. The van der Waals surface area contributed by atoms with Crippen LogP contribution >= 0.6 is 12.4 Å². The van der Waals surface area contributed by atoms with Gasteiger partial charge in [0.15, 0.2) is 0 Å². The summed E-state index contributed by atoms with van der Waals surface area (Å²) in [7, 11) is 0. The van der Waals surface area contributed by atoms with E-state index in [1.807, 2.05) is 18.2 Å². The normalized spacial score (nSPS) is 19.8. The van der Waals surface area contributed by atoms with E-state index in [1.54, 1.807) is 0 Å². The summed E-state index contributed by atoms with van der Waals surface area (Å²) in [6.45, 7) is 4.13. The van der Waals surface area contributed by atoms with Crippen molar-refractivity contribution in [3.63, 3.8) is 0 Å². The van der Waals surface area contributed by atoms with Crippen molar-refractivity contribution < 1.29 is 9.53 Å². The smallest absolute Gasteiger partial charge is 0.250 e. The van der Waals surface area contributed by atoms with Crippen LogP contribution in [0.15, 0.2) is 30.3 Å². The molecule has 0 radical (unpaired) electrons. The van der Waals surface area contributed by atoms with Gasteiger partial charge in [0.2, 0.25) is 0 Å². The van der Waals surface area contributed by atoms with Crippen molar-refractivity contribution in [1.82, 2.24) is 10.6 Å². The Kier molecular flexibility index (Phi) is 7.59. The van der Waals surface area contributed by atoms with Gasteiger partial charge in [-0.05, 0) is 18.4 Å². The molecule has 5 heteroatoms. The van der Waals surface area contributed by atoms with Crippen LogP contribution in [-0.2, 0) is 16.0 Å². The molecule has 1 aromatic rings. The molecule has 0 saturated carbocycles. The van der Waals surface area contributed by atoms with Crippen molar-refractivity contribution in [2.45, 2.75) is 31.9 Å². The molecule has 0 bridgehead atoms. The maximum atomic E-state index is 12.1. The van der Waals surface area contributed by atoms with Gasteiger partial charge in [-0.1, -0.05) is 37.3 Å². The van der Waals surface area contributed by atoms with Crippen LogP contribution in [0.5, 0.6) is 0 Å². The summed E-state index contributed by atoms with van der Waals surface area (Å²) in [6.07, 6.45) is 1.43. The monoisotopic (exact) mass is 298 g/mol. The summed E-state index contributed by atoms with van der Waals surface area (Å²) in [5.41, 5.74) is 1.25. The van der Waals surface area contributed by atoms with Gasteiger partial charge in [0.05, 0.1) is 6.61 Å². The summed E-state index contributed by atoms with van der Waals surface area (Å²) >= 11 is 0. The Morgan fingerprint density at radius 1 is 1.45 bits per heavy atom. The third-order valence-electron chi connectivity index (χ3n) is 3.38. The molecule has 0 aromatic heterocycles. The summed E-state index contributed by atoms with van der Waals surface area (Å²) in [4.78, 5) is 12.1. The molecule has 2 unspecified atom stereocenters. The molecule has 1 aliphatic heterocycles. The number of benzene rings is 1. The van der Waals surface area contributed by atoms with Crippen LogP contribution in [0.3, 0.4) is 0 Å². The average Bonchev–Trinajstić information content (AvgIpc) is 2.48. The van der Waals surface area contributed by atoms with E-state index in [-0.39, 0.29) is 30.5 Å². The van der Waals surface area contributed by atoms with Gasteiger partial charge in [-0.25, -0.2) is 0 Å². The van der Waals surface area contributed by atoms with Gasteiger partial charge in [0.25, 0.3) is 5.91 Å². The molecule has 2 rings (SSSR count). The fraction of sp³-hybridized carbons (Fsp3) is 0.533. The number of carbonyl (C=O) groups is 1. The van der Waals surface area contributed by atoms with E-state index < -0.39 is 0 Å². The van der Waals surface area contributed by atoms with E-state index in [9.17, 15) is 4.79 Å². The molecule has 4 nitrogen and oxygen atoms in total. The Hall–Kier alpha value is -1.10. The second-order valence-corrected chi connectivity index (χ2v) is 4.87. The number of rotatable bonds is 5. The zero-order valence-corrected chi connectivity index (χ0v) is 12.6. The lowest BCUT2D eigenvalue weighted by atomic mass is 10.0. The first-order chi connectivity index (χ1) is 9.29. The second-order valence-electron chi connectivity index (χ2n) is 4.87. The Bertz CT molecular complexity index is 394. The molecular formula is C15H23ClN2O2. The van der Waals surface area contributed by atoms with Crippen molar-refractivity contribution in [2.24, 2.45) is 0 Å². The molecule has 0 spiro atoms. The molecule has 1 heterocycles. The van der Waals surface area contributed by atoms with Gasteiger partial charge in [-0.15, -0.1) is 12.4 Å². The van der Waals surface area contributed by atoms with Crippen LogP contribution in [0.4, 0.5) is 0 Å². The third kappa shape index (κ3) is 5.12. The molecule has 20 heavy (non-hydrogen) atoms. The number of ether oxygens (including phenoxy) is 1. The van der Waals surface area contributed by atoms with Gasteiger partial charge in [0, 0.05) is 19.1 Å².